The summed E-state index contributed by atoms with van der Waals surface area (Å²) in [6.45, 7) is 5.68. The van der Waals surface area contributed by atoms with Gasteiger partial charge in [0, 0.05) is 10.8 Å². The van der Waals surface area contributed by atoms with Crippen LogP contribution in [0.15, 0.2) is 97.1 Å². The number of rotatable bonds is 17. The van der Waals surface area contributed by atoms with E-state index in [1.54, 1.807) is 0 Å². The van der Waals surface area contributed by atoms with Gasteiger partial charge in [-0.1, -0.05) is 48.5 Å². The van der Waals surface area contributed by atoms with Gasteiger partial charge in [0.05, 0.1) is 26.4 Å². The zero-order valence-electron chi connectivity index (χ0n) is 32.3. The van der Waals surface area contributed by atoms with Crippen molar-refractivity contribution < 1.29 is 37.9 Å². The minimum absolute atomic E-state index is 0.0455. The Hall–Kier alpha value is -4.08. The van der Waals surface area contributed by atoms with Gasteiger partial charge in [-0.15, -0.1) is 0 Å². The van der Waals surface area contributed by atoms with Crippen molar-refractivity contribution >= 4 is 0 Å². The predicted molar refractivity (Wildman–Crippen MR) is 212 cm³/mol. The molecule has 294 valence electrons. The number of ether oxygens (including phenoxy) is 8. The Labute approximate surface area is 330 Å². The molecule has 8 nitrogen and oxygen atoms in total. The molecule has 56 heavy (non-hydrogen) atoms. The normalized spacial score (nSPS) is 31.6. The summed E-state index contributed by atoms with van der Waals surface area (Å²) in [7, 11) is 0. The summed E-state index contributed by atoms with van der Waals surface area (Å²) in [5.74, 6) is 5.07. The van der Waals surface area contributed by atoms with Gasteiger partial charge in [0.25, 0.3) is 0 Å². The average Bonchev–Trinajstić information content (AvgIpc) is 4.05. The second-order valence-electron chi connectivity index (χ2n) is 17.0. The third-order valence-electron chi connectivity index (χ3n) is 13.4. The van der Waals surface area contributed by atoms with E-state index in [2.05, 4.69) is 97.1 Å². The molecule has 0 spiro atoms. The van der Waals surface area contributed by atoms with Gasteiger partial charge >= 0.3 is 0 Å². The van der Waals surface area contributed by atoms with Crippen molar-refractivity contribution in [1.29, 1.82) is 0 Å². The second-order valence-corrected chi connectivity index (χ2v) is 17.0. The summed E-state index contributed by atoms with van der Waals surface area (Å²) in [6.07, 6.45) is 10.4. The first-order chi connectivity index (χ1) is 27.6. The summed E-state index contributed by atoms with van der Waals surface area (Å²) in [5.41, 5.74) is 5.42. The molecule has 4 unspecified atom stereocenters. The van der Waals surface area contributed by atoms with Crippen molar-refractivity contribution in [1.82, 2.24) is 0 Å². The summed E-state index contributed by atoms with van der Waals surface area (Å²) >= 11 is 0. The number of hydrogen-bond donors (Lipinski definition) is 0. The molecule has 4 atom stereocenters. The maximum absolute atomic E-state index is 6.04. The van der Waals surface area contributed by atoms with Crippen LogP contribution in [-0.4, -0.2) is 77.3 Å². The minimum Gasteiger partial charge on any atom is -0.491 e. The molecule has 4 aromatic carbocycles. The highest BCUT2D eigenvalue weighted by molar-refractivity contribution is 5.46. The van der Waals surface area contributed by atoms with Crippen molar-refractivity contribution in [3.8, 4) is 23.0 Å². The Morgan fingerprint density at radius 2 is 0.571 bits per heavy atom. The van der Waals surface area contributed by atoms with Crippen molar-refractivity contribution in [3.05, 3.63) is 119 Å². The first kappa shape index (κ1) is 36.3. The van der Waals surface area contributed by atoms with Crippen LogP contribution in [0, 0.1) is 11.8 Å². The van der Waals surface area contributed by atoms with Crippen molar-refractivity contribution in [2.75, 3.05) is 52.9 Å². The van der Waals surface area contributed by atoms with Crippen LogP contribution in [0.1, 0.15) is 73.6 Å². The van der Waals surface area contributed by atoms with Crippen LogP contribution in [0.4, 0.5) is 0 Å². The lowest BCUT2D eigenvalue weighted by molar-refractivity contribution is 0.140. The van der Waals surface area contributed by atoms with E-state index in [4.69, 9.17) is 37.9 Å². The molecule has 4 saturated heterocycles. The zero-order chi connectivity index (χ0) is 37.4. The molecule has 0 radical (unpaired) electrons. The van der Waals surface area contributed by atoms with Crippen LogP contribution in [-0.2, 0) is 29.8 Å². The third kappa shape index (κ3) is 8.31. The Morgan fingerprint density at radius 1 is 0.357 bits per heavy atom. The molecule has 2 saturated carbocycles. The van der Waals surface area contributed by atoms with Gasteiger partial charge in [-0.3, -0.25) is 0 Å². The zero-order valence-corrected chi connectivity index (χ0v) is 32.3. The van der Waals surface area contributed by atoms with Gasteiger partial charge in [-0.2, -0.15) is 0 Å². The molecule has 4 aromatic rings. The standard InChI is InChI=1S/C48H54O8/c1-9-39(49-25-43-29-53-43)10-2-35(1)47(36-3-11-40(12-4-36)50-26-44-30-54-44)21-17-33(18-22-47)34-19-23-48(24-20-34,37-5-13-41(14-6-37)51-27-45-31-55-45)38-7-15-42(16-8-38)52-28-46-32-56-46/h1-16,33-34,43-46H,17-32H2. The Balaban J connectivity index is 0.849. The fraction of sp³-hybridized carbons (Fsp3) is 0.500. The van der Waals surface area contributed by atoms with E-state index in [0.29, 0.717) is 38.3 Å². The van der Waals surface area contributed by atoms with E-state index in [0.717, 1.165) is 75.1 Å². The topological polar surface area (TPSA) is 87.0 Å². The highest BCUT2D eigenvalue weighted by Gasteiger charge is 2.44. The van der Waals surface area contributed by atoms with E-state index >= 15 is 0 Å². The lowest BCUT2D eigenvalue weighted by atomic mass is 9.57. The maximum Gasteiger partial charge on any atom is 0.119 e. The molecule has 10 rings (SSSR count). The predicted octanol–water partition coefficient (Wildman–Crippen LogP) is 8.45. The van der Waals surface area contributed by atoms with Gasteiger partial charge in [-0.25, -0.2) is 0 Å². The second kappa shape index (κ2) is 15.7. The number of epoxide rings is 4. The molecule has 4 heterocycles. The van der Waals surface area contributed by atoms with Crippen LogP contribution in [0.2, 0.25) is 0 Å². The molecule has 6 fully saturated rings. The third-order valence-corrected chi connectivity index (χ3v) is 13.4. The Bertz CT molecular complexity index is 1610. The van der Waals surface area contributed by atoms with Crippen molar-refractivity contribution in [2.45, 2.75) is 86.6 Å². The summed E-state index contributed by atoms with van der Waals surface area (Å²) in [5, 5.41) is 0. The molecule has 2 aliphatic carbocycles. The van der Waals surface area contributed by atoms with Crippen molar-refractivity contribution in [2.24, 2.45) is 11.8 Å². The monoisotopic (exact) mass is 758 g/mol. The van der Waals surface area contributed by atoms with E-state index in [-0.39, 0.29) is 35.2 Å². The SMILES string of the molecule is c1cc(C2(c3ccc(OCC4CO4)cc3)CCC(C3CCC(c4ccc(OCC5CO5)cc4)(c4ccc(OCC5CO5)cc4)CC3)CC2)ccc1OCC1CO1. The lowest BCUT2D eigenvalue weighted by Gasteiger charge is -2.47. The smallest absolute Gasteiger partial charge is 0.119 e. The molecule has 0 amide bonds. The van der Waals surface area contributed by atoms with E-state index in [9.17, 15) is 0 Å². The maximum atomic E-state index is 6.04. The number of benzene rings is 4. The molecular weight excluding hydrogens is 705 g/mol. The van der Waals surface area contributed by atoms with Gasteiger partial charge in [0.1, 0.15) is 73.8 Å². The molecular formula is C48H54O8. The van der Waals surface area contributed by atoms with E-state index in [1.165, 1.54) is 47.9 Å². The van der Waals surface area contributed by atoms with Crippen LogP contribution in [0.5, 0.6) is 23.0 Å². The number of hydrogen-bond acceptors (Lipinski definition) is 8. The molecule has 0 bridgehead atoms. The van der Waals surface area contributed by atoms with Crippen LogP contribution in [0.25, 0.3) is 0 Å². The highest BCUT2D eigenvalue weighted by Crippen LogP contribution is 2.54. The van der Waals surface area contributed by atoms with Crippen molar-refractivity contribution in [3.63, 3.8) is 0 Å². The van der Waals surface area contributed by atoms with Gasteiger partial charge in [0.2, 0.25) is 0 Å². The minimum atomic E-state index is -0.0455. The van der Waals surface area contributed by atoms with E-state index in [1.807, 2.05) is 0 Å². The van der Waals surface area contributed by atoms with Crippen LogP contribution in [0.3, 0.4) is 0 Å². The Morgan fingerprint density at radius 3 is 0.768 bits per heavy atom. The fourth-order valence-electron chi connectivity index (χ4n) is 9.59. The average molecular weight is 759 g/mol. The first-order valence-corrected chi connectivity index (χ1v) is 21.0. The summed E-state index contributed by atoms with van der Waals surface area (Å²) < 4.78 is 45.6. The quantitative estimate of drug-likeness (QED) is 0.0993. The fourth-order valence-corrected chi connectivity index (χ4v) is 9.59. The molecule has 6 aliphatic rings. The van der Waals surface area contributed by atoms with Crippen LogP contribution < -0.4 is 18.9 Å². The van der Waals surface area contributed by atoms with E-state index < -0.39 is 0 Å². The molecule has 8 heteroatoms. The first-order valence-electron chi connectivity index (χ1n) is 21.0. The summed E-state index contributed by atoms with van der Waals surface area (Å²) in [4.78, 5) is 0. The van der Waals surface area contributed by atoms with Gasteiger partial charge in [0.15, 0.2) is 0 Å². The molecule has 0 N–H and O–H groups in total. The lowest BCUT2D eigenvalue weighted by Crippen LogP contribution is -2.38. The summed E-state index contributed by atoms with van der Waals surface area (Å²) in [6, 6.07) is 35.7. The van der Waals surface area contributed by atoms with Gasteiger partial charge in [-0.05, 0) is 134 Å². The molecule has 0 aromatic heterocycles. The van der Waals surface area contributed by atoms with Crippen LogP contribution >= 0.6 is 0 Å². The Kier molecular flexibility index (Phi) is 10.2. The molecule has 4 aliphatic heterocycles. The highest BCUT2D eigenvalue weighted by atomic mass is 16.6. The largest absolute Gasteiger partial charge is 0.491 e. The van der Waals surface area contributed by atoms with Gasteiger partial charge < -0.3 is 37.9 Å².